The third kappa shape index (κ3) is 3.50. The van der Waals surface area contributed by atoms with E-state index in [1.807, 2.05) is 12.1 Å². The average molecular weight is 273 g/mol. The molecule has 3 nitrogen and oxygen atoms in total. The number of fused-ring (bicyclic) bond motifs is 1. The van der Waals surface area contributed by atoms with Crippen LogP contribution < -0.4 is 10.1 Å². The van der Waals surface area contributed by atoms with E-state index in [2.05, 4.69) is 36.5 Å². The Morgan fingerprint density at radius 1 is 1.15 bits per heavy atom. The SMILES string of the molecule is CCC(NCC(C)O)c1ccc2cc(OC)ccc2c1. The van der Waals surface area contributed by atoms with E-state index in [1.54, 1.807) is 14.0 Å². The van der Waals surface area contributed by atoms with Crippen LogP contribution in [0.15, 0.2) is 36.4 Å². The number of rotatable bonds is 6. The highest BCUT2D eigenvalue weighted by Crippen LogP contribution is 2.25. The highest BCUT2D eigenvalue weighted by Gasteiger charge is 2.10. The Labute approximate surface area is 120 Å². The van der Waals surface area contributed by atoms with Gasteiger partial charge in [-0.15, -0.1) is 0 Å². The molecule has 2 atom stereocenters. The summed E-state index contributed by atoms with van der Waals surface area (Å²) in [6.45, 7) is 4.56. The predicted octanol–water partition coefficient (Wildman–Crippen LogP) is 3.27. The van der Waals surface area contributed by atoms with Crippen LogP contribution in [-0.4, -0.2) is 24.9 Å². The average Bonchev–Trinajstić information content (AvgIpc) is 2.47. The Morgan fingerprint density at radius 3 is 2.50 bits per heavy atom. The summed E-state index contributed by atoms with van der Waals surface area (Å²) in [7, 11) is 1.68. The predicted molar refractivity (Wildman–Crippen MR) is 83.2 cm³/mol. The van der Waals surface area contributed by atoms with Crippen molar-refractivity contribution in [2.75, 3.05) is 13.7 Å². The molecule has 0 amide bonds. The van der Waals surface area contributed by atoms with Crippen molar-refractivity contribution < 1.29 is 9.84 Å². The van der Waals surface area contributed by atoms with Crippen LogP contribution in [0.2, 0.25) is 0 Å². The van der Waals surface area contributed by atoms with Crippen LogP contribution in [0.25, 0.3) is 10.8 Å². The third-order valence-electron chi connectivity index (χ3n) is 3.54. The summed E-state index contributed by atoms with van der Waals surface area (Å²) in [4.78, 5) is 0. The molecule has 0 bridgehead atoms. The van der Waals surface area contributed by atoms with Crippen molar-refractivity contribution in [3.8, 4) is 5.75 Å². The van der Waals surface area contributed by atoms with Gasteiger partial charge in [-0.1, -0.05) is 25.1 Å². The molecule has 2 rings (SSSR count). The summed E-state index contributed by atoms with van der Waals surface area (Å²) in [6.07, 6.45) is 0.669. The van der Waals surface area contributed by atoms with Gasteiger partial charge in [0.05, 0.1) is 13.2 Å². The molecule has 2 unspecified atom stereocenters. The molecule has 2 N–H and O–H groups in total. The minimum atomic E-state index is -0.325. The van der Waals surface area contributed by atoms with Gasteiger partial charge in [0.2, 0.25) is 0 Å². The zero-order valence-electron chi connectivity index (χ0n) is 12.4. The van der Waals surface area contributed by atoms with Gasteiger partial charge in [-0.2, -0.15) is 0 Å². The van der Waals surface area contributed by atoms with Crippen molar-refractivity contribution in [3.05, 3.63) is 42.0 Å². The summed E-state index contributed by atoms with van der Waals surface area (Å²) in [5.41, 5.74) is 1.26. The summed E-state index contributed by atoms with van der Waals surface area (Å²) in [5, 5.41) is 15.2. The van der Waals surface area contributed by atoms with Crippen LogP contribution in [0.4, 0.5) is 0 Å². The van der Waals surface area contributed by atoms with Gasteiger partial charge in [-0.25, -0.2) is 0 Å². The maximum Gasteiger partial charge on any atom is 0.119 e. The van der Waals surface area contributed by atoms with E-state index >= 15 is 0 Å². The first-order chi connectivity index (χ1) is 9.63. The molecule has 0 heterocycles. The van der Waals surface area contributed by atoms with Crippen molar-refractivity contribution >= 4 is 10.8 Å². The molecular formula is C17H23NO2. The highest BCUT2D eigenvalue weighted by molar-refractivity contribution is 5.84. The number of nitrogens with one attached hydrogen (secondary N) is 1. The normalized spacial score (nSPS) is 14.2. The Bertz CT molecular complexity index is 566. The number of ether oxygens (including phenoxy) is 1. The second-order valence-electron chi connectivity index (χ2n) is 5.19. The van der Waals surface area contributed by atoms with Crippen LogP contribution in [0.1, 0.15) is 31.9 Å². The van der Waals surface area contributed by atoms with E-state index in [9.17, 15) is 5.11 Å². The van der Waals surface area contributed by atoms with Gasteiger partial charge in [0, 0.05) is 12.6 Å². The molecule has 0 radical (unpaired) electrons. The largest absolute Gasteiger partial charge is 0.497 e. The van der Waals surface area contributed by atoms with Crippen molar-refractivity contribution in [2.45, 2.75) is 32.4 Å². The maximum absolute atomic E-state index is 9.40. The van der Waals surface area contributed by atoms with Gasteiger partial charge >= 0.3 is 0 Å². The molecule has 20 heavy (non-hydrogen) atoms. The first-order valence-corrected chi connectivity index (χ1v) is 7.13. The summed E-state index contributed by atoms with van der Waals surface area (Å²) in [6, 6.07) is 12.9. The van der Waals surface area contributed by atoms with E-state index in [1.165, 1.54) is 16.3 Å². The molecule has 0 aliphatic heterocycles. The van der Waals surface area contributed by atoms with Crippen LogP contribution in [0, 0.1) is 0 Å². The van der Waals surface area contributed by atoms with Crippen LogP contribution >= 0.6 is 0 Å². The van der Waals surface area contributed by atoms with E-state index < -0.39 is 0 Å². The fourth-order valence-corrected chi connectivity index (χ4v) is 2.40. The topological polar surface area (TPSA) is 41.5 Å². The molecule has 0 saturated heterocycles. The summed E-state index contributed by atoms with van der Waals surface area (Å²) in [5.74, 6) is 0.879. The molecule has 2 aromatic carbocycles. The Hall–Kier alpha value is -1.58. The number of aliphatic hydroxyl groups excluding tert-OH is 1. The molecule has 0 aliphatic carbocycles. The number of hydrogen-bond donors (Lipinski definition) is 2. The first-order valence-electron chi connectivity index (χ1n) is 7.13. The standard InChI is InChI=1S/C17H23NO2/c1-4-17(18-11-12(2)19)15-6-5-14-10-16(20-3)8-7-13(14)9-15/h5-10,12,17-19H,4,11H2,1-3H3. The monoisotopic (exact) mass is 273 g/mol. The molecule has 2 aromatic rings. The minimum Gasteiger partial charge on any atom is -0.497 e. The molecule has 108 valence electrons. The zero-order valence-corrected chi connectivity index (χ0v) is 12.4. The van der Waals surface area contributed by atoms with E-state index in [0.29, 0.717) is 6.54 Å². The van der Waals surface area contributed by atoms with E-state index in [0.717, 1.165) is 12.2 Å². The Morgan fingerprint density at radius 2 is 1.85 bits per heavy atom. The van der Waals surface area contributed by atoms with E-state index in [-0.39, 0.29) is 12.1 Å². The van der Waals surface area contributed by atoms with Crippen molar-refractivity contribution in [2.24, 2.45) is 0 Å². The quantitative estimate of drug-likeness (QED) is 0.848. The van der Waals surface area contributed by atoms with Crippen molar-refractivity contribution in [1.29, 1.82) is 0 Å². The number of methoxy groups -OCH3 is 1. The third-order valence-corrected chi connectivity index (χ3v) is 3.54. The Kier molecular flexibility index (Phi) is 4.99. The number of hydrogen-bond acceptors (Lipinski definition) is 3. The van der Waals surface area contributed by atoms with Gasteiger partial charge in [-0.05, 0) is 47.9 Å². The van der Waals surface area contributed by atoms with E-state index in [4.69, 9.17) is 4.74 Å². The lowest BCUT2D eigenvalue weighted by atomic mass is 10.00. The number of benzene rings is 2. The molecule has 0 aliphatic rings. The summed E-state index contributed by atoms with van der Waals surface area (Å²) < 4.78 is 5.25. The first kappa shape index (κ1) is 14.8. The lowest BCUT2D eigenvalue weighted by Crippen LogP contribution is -2.28. The smallest absolute Gasteiger partial charge is 0.119 e. The van der Waals surface area contributed by atoms with Crippen LogP contribution in [0.3, 0.4) is 0 Å². The van der Waals surface area contributed by atoms with Crippen LogP contribution in [0.5, 0.6) is 5.75 Å². The number of aliphatic hydroxyl groups is 1. The fraction of sp³-hybridized carbons (Fsp3) is 0.412. The van der Waals surface area contributed by atoms with Gasteiger partial charge in [-0.3, -0.25) is 0 Å². The van der Waals surface area contributed by atoms with Gasteiger partial charge < -0.3 is 15.2 Å². The van der Waals surface area contributed by atoms with Gasteiger partial charge in [0.15, 0.2) is 0 Å². The lowest BCUT2D eigenvalue weighted by Gasteiger charge is -2.19. The fourth-order valence-electron chi connectivity index (χ4n) is 2.40. The summed E-state index contributed by atoms with van der Waals surface area (Å²) >= 11 is 0. The van der Waals surface area contributed by atoms with Gasteiger partial charge in [0.25, 0.3) is 0 Å². The molecule has 0 fully saturated rings. The molecule has 0 saturated carbocycles. The maximum atomic E-state index is 9.40. The van der Waals surface area contributed by atoms with Gasteiger partial charge in [0.1, 0.15) is 5.75 Å². The highest BCUT2D eigenvalue weighted by atomic mass is 16.5. The molecule has 0 aromatic heterocycles. The second-order valence-corrected chi connectivity index (χ2v) is 5.19. The molecular weight excluding hydrogens is 250 g/mol. The molecule has 3 heteroatoms. The van der Waals surface area contributed by atoms with Crippen molar-refractivity contribution in [3.63, 3.8) is 0 Å². The second kappa shape index (κ2) is 6.73. The lowest BCUT2D eigenvalue weighted by molar-refractivity contribution is 0.185. The zero-order chi connectivity index (χ0) is 14.5. The van der Waals surface area contributed by atoms with Crippen LogP contribution in [-0.2, 0) is 0 Å². The molecule has 0 spiro atoms. The Balaban J connectivity index is 2.25. The minimum absolute atomic E-state index is 0.274. The van der Waals surface area contributed by atoms with Crippen molar-refractivity contribution in [1.82, 2.24) is 5.32 Å².